The Kier molecular flexibility index (Phi) is 4.20. The monoisotopic (exact) mass is 296 g/mol. The van der Waals surface area contributed by atoms with Gasteiger partial charge in [-0.25, -0.2) is 4.79 Å². The molecule has 0 spiro atoms. The number of likely N-dealkylation sites (N-methyl/N-ethyl adjacent to an activating group) is 1. The maximum Gasteiger partial charge on any atom is 0.356 e. The van der Waals surface area contributed by atoms with Gasteiger partial charge in [0.2, 0.25) is 0 Å². The van der Waals surface area contributed by atoms with Crippen LogP contribution in [0.5, 0.6) is 5.75 Å². The summed E-state index contributed by atoms with van der Waals surface area (Å²) in [6.45, 7) is 1.30. The first-order valence-electron chi connectivity index (χ1n) is 6.19. The highest BCUT2D eigenvalue weighted by Gasteiger charge is 2.23. The van der Waals surface area contributed by atoms with Crippen LogP contribution < -0.4 is 4.74 Å². The minimum absolute atomic E-state index is 0.159. The van der Waals surface area contributed by atoms with Gasteiger partial charge in [-0.1, -0.05) is 11.6 Å². The van der Waals surface area contributed by atoms with Gasteiger partial charge in [0.15, 0.2) is 11.4 Å². The van der Waals surface area contributed by atoms with Gasteiger partial charge in [-0.15, -0.1) is 0 Å². The average Bonchev–Trinajstić information content (AvgIpc) is 2.69. The minimum atomic E-state index is -1.01. The topological polar surface area (TPSA) is 54.7 Å². The largest absolute Gasteiger partial charge is 0.494 e. The third-order valence-electron chi connectivity index (χ3n) is 3.16. The number of carbonyl (C=O) groups is 1. The van der Waals surface area contributed by atoms with E-state index in [1.165, 1.54) is 7.11 Å². The van der Waals surface area contributed by atoms with Crippen molar-refractivity contribution >= 4 is 28.5 Å². The fraction of sp³-hybridized carbons (Fsp3) is 0.357. The predicted octanol–water partition coefficient (Wildman–Crippen LogP) is 2.56. The number of carboxylic acid groups (broad SMARTS) is 1. The van der Waals surface area contributed by atoms with E-state index in [2.05, 4.69) is 0 Å². The number of nitrogens with zero attached hydrogens (tertiary/aromatic N) is 2. The summed E-state index contributed by atoms with van der Waals surface area (Å²) in [5, 5.41) is 10.7. The smallest absolute Gasteiger partial charge is 0.356 e. The second-order valence-corrected chi connectivity index (χ2v) is 5.24. The van der Waals surface area contributed by atoms with Crippen molar-refractivity contribution in [2.75, 3.05) is 27.7 Å². The van der Waals surface area contributed by atoms with Gasteiger partial charge in [-0.05, 0) is 32.3 Å². The molecule has 1 heterocycles. The Morgan fingerprint density at radius 2 is 2.15 bits per heavy atom. The summed E-state index contributed by atoms with van der Waals surface area (Å²) >= 11 is 6.00. The summed E-state index contributed by atoms with van der Waals surface area (Å²) in [7, 11) is 5.36. The molecule has 1 aromatic carbocycles. The molecule has 0 bridgehead atoms. The number of carboxylic acids is 1. The molecule has 0 saturated carbocycles. The number of fused-ring (bicyclic) bond motifs is 1. The average molecular weight is 297 g/mol. The quantitative estimate of drug-likeness (QED) is 0.921. The molecule has 6 heteroatoms. The Morgan fingerprint density at radius 3 is 2.70 bits per heavy atom. The first-order valence-corrected chi connectivity index (χ1v) is 6.57. The Bertz CT molecular complexity index is 649. The zero-order valence-electron chi connectivity index (χ0n) is 11.7. The second kappa shape index (κ2) is 5.73. The van der Waals surface area contributed by atoms with Gasteiger partial charge in [0.25, 0.3) is 0 Å². The van der Waals surface area contributed by atoms with Crippen molar-refractivity contribution in [3.05, 3.63) is 28.9 Å². The van der Waals surface area contributed by atoms with E-state index in [0.29, 0.717) is 17.3 Å². The van der Waals surface area contributed by atoms with E-state index in [-0.39, 0.29) is 5.69 Å². The van der Waals surface area contributed by atoms with Gasteiger partial charge in [-0.3, -0.25) is 0 Å². The van der Waals surface area contributed by atoms with E-state index in [9.17, 15) is 9.90 Å². The van der Waals surface area contributed by atoms with E-state index in [0.717, 1.165) is 17.4 Å². The van der Waals surface area contributed by atoms with E-state index >= 15 is 0 Å². The van der Waals surface area contributed by atoms with Crippen LogP contribution in [-0.4, -0.2) is 48.3 Å². The lowest BCUT2D eigenvalue weighted by molar-refractivity contribution is 0.0681. The first-order chi connectivity index (χ1) is 9.45. The van der Waals surface area contributed by atoms with Crippen molar-refractivity contribution in [2.45, 2.75) is 6.54 Å². The van der Waals surface area contributed by atoms with Gasteiger partial charge in [0.1, 0.15) is 0 Å². The van der Waals surface area contributed by atoms with E-state index in [4.69, 9.17) is 16.3 Å². The Morgan fingerprint density at radius 1 is 1.45 bits per heavy atom. The molecule has 0 unspecified atom stereocenters. The van der Waals surface area contributed by atoms with Crippen molar-refractivity contribution in [3.8, 4) is 5.75 Å². The fourth-order valence-corrected chi connectivity index (χ4v) is 2.42. The summed E-state index contributed by atoms with van der Waals surface area (Å²) in [6.07, 6.45) is 0. The van der Waals surface area contributed by atoms with Crippen LogP contribution in [0.25, 0.3) is 10.9 Å². The third kappa shape index (κ3) is 2.59. The molecule has 5 nitrogen and oxygen atoms in total. The molecule has 2 rings (SSSR count). The molecular weight excluding hydrogens is 280 g/mol. The lowest BCUT2D eigenvalue weighted by Crippen LogP contribution is -2.20. The first kappa shape index (κ1) is 14.7. The number of aromatic nitrogens is 1. The minimum Gasteiger partial charge on any atom is -0.494 e. The normalized spacial score (nSPS) is 11.2. The number of benzene rings is 1. The molecule has 0 radical (unpaired) electrons. The Hall–Kier alpha value is -1.72. The number of aromatic carboxylic acids is 1. The highest BCUT2D eigenvalue weighted by atomic mass is 35.5. The number of methoxy groups -OCH3 is 1. The molecule has 0 fully saturated rings. The van der Waals surface area contributed by atoms with Crippen molar-refractivity contribution in [1.82, 2.24) is 9.47 Å². The van der Waals surface area contributed by atoms with Crippen LogP contribution in [-0.2, 0) is 6.54 Å². The van der Waals surface area contributed by atoms with Gasteiger partial charge in [-0.2, -0.15) is 0 Å². The molecule has 1 N–H and O–H groups in total. The van der Waals surface area contributed by atoms with E-state index < -0.39 is 5.97 Å². The standard InChI is InChI=1S/C14H17ClN2O3/c1-16(2)6-7-17-11-5-4-9(15)8-10(11)13(20-3)12(17)14(18)19/h4-5,8H,6-7H2,1-3H3,(H,18,19). The van der Waals surface area contributed by atoms with E-state index in [1.807, 2.05) is 25.1 Å². The zero-order valence-corrected chi connectivity index (χ0v) is 12.4. The maximum atomic E-state index is 11.6. The summed E-state index contributed by atoms with van der Waals surface area (Å²) in [5.41, 5.74) is 0.970. The molecular formula is C14H17ClN2O3. The fourth-order valence-electron chi connectivity index (χ4n) is 2.25. The molecule has 0 aliphatic carbocycles. The molecule has 20 heavy (non-hydrogen) atoms. The third-order valence-corrected chi connectivity index (χ3v) is 3.39. The lowest BCUT2D eigenvalue weighted by Gasteiger charge is -2.13. The van der Waals surface area contributed by atoms with Crippen LogP contribution >= 0.6 is 11.6 Å². The van der Waals surface area contributed by atoms with Crippen LogP contribution in [0.4, 0.5) is 0 Å². The van der Waals surface area contributed by atoms with Crippen LogP contribution in [0.2, 0.25) is 5.02 Å². The number of ether oxygens (including phenoxy) is 1. The van der Waals surface area contributed by atoms with Crippen LogP contribution in [0.3, 0.4) is 0 Å². The highest BCUT2D eigenvalue weighted by Crippen LogP contribution is 2.34. The van der Waals surface area contributed by atoms with Crippen molar-refractivity contribution < 1.29 is 14.6 Å². The predicted molar refractivity (Wildman–Crippen MR) is 79.0 cm³/mol. The molecule has 0 saturated heterocycles. The van der Waals surface area contributed by atoms with Crippen molar-refractivity contribution in [2.24, 2.45) is 0 Å². The van der Waals surface area contributed by atoms with Crippen LogP contribution in [0, 0.1) is 0 Å². The summed E-state index contributed by atoms with van der Waals surface area (Å²) in [5.74, 6) is -0.651. The summed E-state index contributed by atoms with van der Waals surface area (Å²) in [4.78, 5) is 13.6. The SMILES string of the molecule is COc1c(C(=O)O)n(CCN(C)C)c2ccc(Cl)cc12. The highest BCUT2D eigenvalue weighted by molar-refractivity contribution is 6.31. The van der Waals surface area contributed by atoms with Gasteiger partial charge < -0.3 is 19.3 Å². The Labute approximate surface area is 122 Å². The van der Waals surface area contributed by atoms with E-state index in [1.54, 1.807) is 16.7 Å². The van der Waals surface area contributed by atoms with Gasteiger partial charge in [0, 0.05) is 23.5 Å². The summed E-state index contributed by atoms with van der Waals surface area (Å²) in [6, 6.07) is 5.30. The van der Waals surface area contributed by atoms with Gasteiger partial charge in [0.05, 0.1) is 12.6 Å². The van der Waals surface area contributed by atoms with Crippen LogP contribution in [0.15, 0.2) is 18.2 Å². The zero-order chi connectivity index (χ0) is 14.9. The molecule has 1 aromatic heterocycles. The molecule has 0 amide bonds. The molecule has 108 valence electrons. The maximum absolute atomic E-state index is 11.6. The molecule has 2 aromatic rings. The van der Waals surface area contributed by atoms with Crippen LogP contribution in [0.1, 0.15) is 10.5 Å². The molecule has 0 aliphatic rings. The van der Waals surface area contributed by atoms with Crippen molar-refractivity contribution in [1.29, 1.82) is 0 Å². The Balaban J connectivity index is 2.68. The van der Waals surface area contributed by atoms with Gasteiger partial charge >= 0.3 is 5.97 Å². The number of rotatable bonds is 5. The number of halogens is 1. The van der Waals surface area contributed by atoms with Crippen molar-refractivity contribution in [3.63, 3.8) is 0 Å². The molecule has 0 aliphatic heterocycles. The lowest BCUT2D eigenvalue weighted by atomic mass is 10.2. The second-order valence-electron chi connectivity index (χ2n) is 4.80. The number of hydrogen-bond acceptors (Lipinski definition) is 3. The number of hydrogen-bond donors (Lipinski definition) is 1. The summed E-state index contributed by atoms with van der Waals surface area (Å²) < 4.78 is 7.05. The molecule has 0 atom stereocenters.